The second-order valence-corrected chi connectivity index (χ2v) is 4.12. The number of rotatable bonds is 3. The smallest absolute Gasteiger partial charge is 0.189 e. The molecular formula is C15H12O5. The number of phenols is 4. The Labute approximate surface area is 114 Å². The highest BCUT2D eigenvalue weighted by Gasteiger charge is 2.11. The second-order valence-electron chi connectivity index (χ2n) is 4.12. The topological polar surface area (TPSA) is 98.0 Å². The lowest BCUT2D eigenvalue weighted by molar-refractivity contribution is 0.104. The lowest BCUT2D eigenvalue weighted by Crippen LogP contribution is -1.94. The molecular weight excluding hydrogens is 260 g/mol. The van der Waals surface area contributed by atoms with Gasteiger partial charge in [0.05, 0.1) is 5.56 Å². The van der Waals surface area contributed by atoms with Gasteiger partial charge in [-0.25, -0.2) is 0 Å². The van der Waals surface area contributed by atoms with E-state index in [-0.39, 0.29) is 22.8 Å². The van der Waals surface area contributed by atoms with Gasteiger partial charge in [-0.2, -0.15) is 0 Å². The number of ketones is 1. The van der Waals surface area contributed by atoms with Gasteiger partial charge < -0.3 is 20.4 Å². The summed E-state index contributed by atoms with van der Waals surface area (Å²) in [5, 5.41) is 37.4. The lowest BCUT2D eigenvalue weighted by atomic mass is 10.1. The van der Waals surface area contributed by atoms with Crippen LogP contribution >= 0.6 is 0 Å². The molecule has 0 bridgehead atoms. The summed E-state index contributed by atoms with van der Waals surface area (Å²) >= 11 is 0. The van der Waals surface area contributed by atoms with Crippen LogP contribution in [0.4, 0.5) is 0 Å². The van der Waals surface area contributed by atoms with Crippen LogP contribution in [0.5, 0.6) is 23.0 Å². The fourth-order valence-electron chi connectivity index (χ4n) is 1.64. The van der Waals surface area contributed by atoms with Crippen LogP contribution in [0.15, 0.2) is 42.5 Å². The summed E-state index contributed by atoms with van der Waals surface area (Å²) in [7, 11) is 0. The fraction of sp³-hybridized carbons (Fsp3) is 0. The summed E-state index contributed by atoms with van der Waals surface area (Å²) in [5.41, 5.74) is 0.484. The van der Waals surface area contributed by atoms with Gasteiger partial charge in [0.1, 0.15) is 0 Å². The highest BCUT2D eigenvalue weighted by Crippen LogP contribution is 2.29. The SMILES string of the molecule is O=C(C=Cc1ccc(O)c(O)c1)c1cccc(O)c1O. The van der Waals surface area contributed by atoms with Crippen LogP contribution in [0.3, 0.4) is 0 Å². The van der Waals surface area contributed by atoms with E-state index >= 15 is 0 Å². The molecule has 5 heteroatoms. The van der Waals surface area contributed by atoms with Crippen molar-refractivity contribution >= 4 is 11.9 Å². The number of hydrogen-bond donors (Lipinski definition) is 4. The molecule has 2 aromatic carbocycles. The number of para-hydroxylation sites is 1. The van der Waals surface area contributed by atoms with Gasteiger partial charge in [0, 0.05) is 0 Å². The zero-order valence-electron chi connectivity index (χ0n) is 10.3. The molecule has 0 atom stereocenters. The largest absolute Gasteiger partial charge is 0.504 e. The summed E-state index contributed by atoms with van der Waals surface area (Å²) in [6, 6.07) is 8.21. The van der Waals surface area contributed by atoms with E-state index in [2.05, 4.69) is 0 Å². The summed E-state index contributed by atoms with van der Waals surface area (Å²) in [6.45, 7) is 0. The maximum absolute atomic E-state index is 11.9. The fourth-order valence-corrected chi connectivity index (χ4v) is 1.64. The van der Waals surface area contributed by atoms with Crippen molar-refractivity contribution in [3.8, 4) is 23.0 Å². The van der Waals surface area contributed by atoms with E-state index < -0.39 is 11.5 Å². The Morgan fingerprint density at radius 1 is 0.900 bits per heavy atom. The minimum absolute atomic E-state index is 0.0238. The number of benzene rings is 2. The molecule has 0 amide bonds. The number of phenolic OH excluding ortho intramolecular Hbond substituents is 4. The Hall–Kier alpha value is -2.95. The Kier molecular flexibility index (Phi) is 3.61. The average molecular weight is 272 g/mol. The molecule has 0 aromatic heterocycles. The molecule has 102 valence electrons. The standard InChI is InChI=1S/C15H12O5/c16-11(10-2-1-3-13(18)15(10)20)6-4-9-5-7-12(17)14(19)8-9/h1-8,17-20H. The van der Waals surface area contributed by atoms with E-state index in [4.69, 9.17) is 5.11 Å². The van der Waals surface area contributed by atoms with Crippen molar-refractivity contribution in [2.45, 2.75) is 0 Å². The molecule has 0 saturated carbocycles. The van der Waals surface area contributed by atoms with Gasteiger partial charge in [0.25, 0.3) is 0 Å². The quantitative estimate of drug-likeness (QED) is 0.391. The Morgan fingerprint density at radius 2 is 1.65 bits per heavy atom. The van der Waals surface area contributed by atoms with Crippen LogP contribution in [0.2, 0.25) is 0 Å². The van der Waals surface area contributed by atoms with Crippen LogP contribution in [0, 0.1) is 0 Å². The van der Waals surface area contributed by atoms with Crippen LogP contribution in [0.1, 0.15) is 15.9 Å². The zero-order chi connectivity index (χ0) is 14.7. The number of aromatic hydroxyl groups is 4. The third-order valence-corrected chi connectivity index (χ3v) is 2.71. The van der Waals surface area contributed by atoms with Crippen molar-refractivity contribution in [3.05, 3.63) is 53.6 Å². The molecule has 0 saturated heterocycles. The Balaban J connectivity index is 2.24. The van der Waals surface area contributed by atoms with E-state index in [0.29, 0.717) is 5.56 Å². The van der Waals surface area contributed by atoms with Crippen molar-refractivity contribution in [1.29, 1.82) is 0 Å². The van der Waals surface area contributed by atoms with E-state index in [1.807, 2.05) is 0 Å². The molecule has 2 aromatic rings. The Bertz CT molecular complexity index is 689. The number of allylic oxidation sites excluding steroid dienone is 1. The van der Waals surface area contributed by atoms with Gasteiger partial charge in [-0.3, -0.25) is 4.79 Å². The van der Waals surface area contributed by atoms with E-state index in [9.17, 15) is 20.1 Å². The van der Waals surface area contributed by atoms with Crippen molar-refractivity contribution in [2.75, 3.05) is 0 Å². The number of carbonyl (C=O) groups excluding carboxylic acids is 1. The predicted molar refractivity (Wildman–Crippen MR) is 72.9 cm³/mol. The van der Waals surface area contributed by atoms with Gasteiger partial charge in [-0.15, -0.1) is 0 Å². The first-order valence-corrected chi connectivity index (χ1v) is 5.74. The molecule has 0 aliphatic rings. The first-order valence-electron chi connectivity index (χ1n) is 5.74. The molecule has 0 fully saturated rings. The summed E-state index contributed by atoms with van der Waals surface area (Å²) in [6.07, 6.45) is 2.62. The van der Waals surface area contributed by atoms with Gasteiger partial charge >= 0.3 is 0 Å². The van der Waals surface area contributed by atoms with Crippen molar-refractivity contribution < 1.29 is 25.2 Å². The normalized spacial score (nSPS) is 10.8. The molecule has 0 unspecified atom stereocenters. The van der Waals surface area contributed by atoms with Crippen molar-refractivity contribution in [3.63, 3.8) is 0 Å². The van der Waals surface area contributed by atoms with E-state index in [1.165, 1.54) is 48.6 Å². The molecule has 2 rings (SSSR count). The van der Waals surface area contributed by atoms with Gasteiger partial charge in [0.15, 0.2) is 28.8 Å². The van der Waals surface area contributed by atoms with E-state index in [0.717, 1.165) is 0 Å². The minimum atomic E-state index is -0.494. The minimum Gasteiger partial charge on any atom is -0.504 e. The highest BCUT2D eigenvalue weighted by atomic mass is 16.3. The molecule has 0 heterocycles. The number of hydrogen-bond acceptors (Lipinski definition) is 5. The van der Waals surface area contributed by atoms with Crippen LogP contribution < -0.4 is 0 Å². The lowest BCUT2D eigenvalue weighted by Gasteiger charge is -2.02. The molecule has 4 N–H and O–H groups in total. The molecule has 20 heavy (non-hydrogen) atoms. The summed E-state index contributed by atoms with van der Waals surface area (Å²) in [5.74, 6) is -1.88. The maximum Gasteiger partial charge on any atom is 0.189 e. The maximum atomic E-state index is 11.9. The van der Waals surface area contributed by atoms with E-state index in [1.54, 1.807) is 0 Å². The first-order chi connectivity index (χ1) is 9.49. The second kappa shape index (κ2) is 5.36. The van der Waals surface area contributed by atoms with Gasteiger partial charge in [-0.05, 0) is 35.9 Å². The molecule has 0 spiro atoms. The van der Waals surface area contributed by atoms with Gasteiger partial charge in [0.2, 0.25) is 0 Å². The van der Waals surface area contributed by atoms with Crippen molar-refractivity contribution in [1.82, 2.24) is 0 Å². The zero-order valence-corrected chi connectivity index (χ0v) is 10.3. The third-order valence-electron chi connectivity index (χ3n) is 2.71. The monoisotopic (exact) mass is 272 g/mol. The van der Waals surface area contributed by atoms with Crippen LogP contribution in [0.25, 0.3) is 6.08 Å². The number of carbonyl (C=O) groups is 1. The highest BCUT2D eigenvalue weighted by molar-refractivity contribution is 6.09. The molecule has 0 radical (unpaired) electrons. The average Bonchev–Trinajstić information content (AvgIpc) is 2.43. The predicted octanol–water partition coefficient (Wildman–Crippen LogP) is 2.41. The third kappa shape index (κ3) is 2.72. The van der Waals surface area contributed by atoms with Crippen molar-refractivity contribution in [2.24, 2.45) is 0 Å². The molecule has 0 aliphatic carbocycles. The van der Waals surface area contributed by atoms with Crippen LogP contribution in [-0.2, 0) is 0 Å². The molecule has 0 aliphatic heterocycles. The summed E-state index contributed by atoms with van der Waals surface area (Å²) in [4.78, 5) is 11.9. The summed E-state index contributed by atoms with van der Waals surface area (Å²) < 4.78 is 0. The molecule has 5 nitrogen and oxygen atoms in total. The van der Waals surface area contributed by atoms with Gasteiger partial charge in [-0.1, -0.05) is 18.2 Å². The first kappa shape index (κ1) is 13.5. The Morgan fingerprint density at radius 3 is 2.35 bits per heavy atom. The van der Waals surface area contributed by atoms with Crippen LogP contribution in [-0.4, -0.2) is 26.2 Å².